The third-order valence-electron chi connectivity index (χ3n) is 3.59. The molecule has 0 aliphatic rings. The number of carbonyl (C=O) groups excluding carboxylic acids is 2. The molecule has 7 heteroatoms. The van der Waals surface area contributed by atoms with Crippen LogP contribution in [0.2, 0.25) is 0 Å². The number of amides is 2. The Morgan fingerprint density at radius 2 is 1.56 bits per heavy atom. The molecule has 0 fully saturated rings. The Bertz CT molecular complexity index is 872. The first-order valence-corrected chi connectivity index (χ1v) is 9.48. The van der Waals surface area contributed by atoms with Gasteiger partial charge in [0.25, 0.3) is 5.91 Å². The summed E-state index contributed by atoms with van der Waals surface area (Å²) in [4.78, 5) is 25.8. The standard InChI is InChI=1S/C18H20N2O4S/c1-13-4-8-15(9-5-13)19-17(21)12-20(2)18(22)14-6-10-16(11-7-14)25(3,23)24/h4-11H,12H2,1-3H3,(H,19,21). The van der Waals surface area contributed by atoms with Gasteiger partial charge in [-0.3, -0.25) is 9.59 Å². The van der Waals surface area contributed by atoms with E-state index in [9.17, 15) is 18.0 Å². The average molecular weight is 360 g/mol. The number of aryl methyl sites for hydroxylation is 1. The van der Waals surface area contributed by atoms with Gasteiger partial charge in [0.1, 0.15) is 0 Å². The van der Waals surface area contributed by atoms with Gasteiger partial charge in [-0.1, -0.05) is 17.7 Å². The van der Waals surface area contributed by atoms with Gasteiger partial charge in [0.2, 0.25) is 5.91 Å². The second-order valence-corrected chi connectivity index (χ2v) is 7.89. The zero-order valence-corrected chi connectivity index (χ0v) is 15.1. The Kier molecular flexibility index (Phi) is 5.58. The van der Waals surface area contributed by atoms with Crippen LogP contribution in [0.4, 0.5) is 5.69 Å². The highest BCUT2D eigenvalue weighted by molar-refractivity contribution is 7.90. The predicted molar refractivity (Wildman–Crippen MR) is 96.3 cm³/mol. The maximum absolute atomic E-state index is 12.3. The van der Waals surface area contributed by atoms with Crippen molar-refractivity contribution in [2.24, 2.45) is 0 Å². The van der Waals surface area contributed by atoms with Gasteiger partial charge in [0, 0.05) is 24.6 Å². The van der Waals surface area contributed by atoms with E-state index < -0.39 is 9.84 Å². The number of benzene rings is 2. The first-order chi connectivity index (χ1) is 11.7. The number of carbonyl (C=O) groups is 2. The number of nitrogens with one attached hydrogen (secondary N) is 1. The number of nitrogens with zero attached hydrogens (tertiary/aromatic N) is 1. The van der Waals surface area contributed by atoms with Gasteiger partial charge >= 0.3 is 0 Å². The number of hydrogen-bond donors (Lipinski definition) is 1. The van der Waals surface area contributed by atoms with Crippen molar-refractivity contribution in [1.29, 1.82) is 0 Å². The SMILES string of the molecule is Cc1ccc(NC(=O)CN(C)C(=O)c2ccc(S(C)(=O)=O)cc2)cc1. The molecule has 0 bridgehead atoms. The van der Waals surface area contributed by atoms with Crippen LogP contribution in [0.1, 0.15) is 15.9 Å². The highest BCUT2D eigenvalue weighted by Crippen LogP contribution is 2.12. The first kappa shape index (κ1) is 18.7. The summed E-state index contributed by atoms with van der Waals surface area (Å²) in [5, 5.41) is 2.72. The summed E-state index contributed by atoms with van der Waals surface area (Å²) >= 11 is 0. The minimum atomic E-state index is -3.31. The molecule has 2 aromatic carbocycles. The van der Waals surface area contributed by atoms with Crippen molar-refractivity contribution in [3.63, 3.8) is 0 Å². The van der Waals surface area contributed by atoms with Crippen LogP contribution in [0, 0.1) is 6.92 Å². The molecule has 0 heterocycles. The zero-order valence-electron chi connectivity index (χ0n) is 14.3. The van der Waals surface area contributed by atoms with Crippen molar-refractivity contribution in [1.82, 2.24) is 4.90 Å². The van der Waals surface area contributed by atoms with Crippen LogP contribution < -0.4 is 5.32 Å². The fraction of sp³-hybridized carbons (Fsp3) is 0.222. The number of rotatable bonds is 5. The van der Waals surface area contributed by atoms with Crippen LogP contribution in [-0.4, -0.2) is 45.0 Å². The van der Waals surface area contributed by atoms with E-state index in [2.05, 4.69) is 5.32 Å². The summed E-state index contributed by atoms with van der Waals surface area (Å²) in [5.74, 6) is -0.674. The molecular formula is C18H20N2O4S. The van der Waals surface area contributed by atoms with Gasteiger partial charge in [0.05, 0.1) is 11.4 Å². The highest BCUT2D eigenvalue weighted by atomic mass is 32.2. The molecule has 0 saturated carbocycles. The molecule has 0 aliphatic heterocycles. The monoisotopic (exact) mass is 360 g/mol. The van der Waals surface area contributed by atoms with E-state index in [4.69, 9.17) is 0 Å². The normalized spacial score (nSPS) is 11.0. The largest absolute Gasteiger partial charge is 0.332 e. The van der Waals surface area contributed by atoms with Gasteiger partial charge in [-0.15, -0.1) is 0 Å². The fourth-order valence-electron chi connectivity index (χ4n) is 2.19. The average Bonchev–Trinajstić information content (AvgIpc) is 2.55. The lowest BCUT2D eigenvalue weighted by molar-refractivity contribution is -0.116. The van der Waals surface area contributed by atoms with Crippen molar-refractivity contribution < 1.29 is 18.0 Å². The van der Waals surface area contributed by atoms with Gasteiger partial charge in [-0.25, -0.2) is 8.42 Å². The molecule has 0 unspecified atom stereocenters. The summed E-state index contributed by atoms with van der Waals surface area (Å²) < 4.78 is 22.9. The van der Waals surface area contributed by atoms with Gasteiger partial charge < -0.3 is 10.2 Å². The van der Waals surface area contributed by atoms with Crippen LogP contribution >= 0.6 is 0 Å². The van der Waals surface area contributed by atoms with Crippen molar-refractivity contribution in [3.8, 4) is 0 Å². The first-order valence-electron chi connectivity index (χ1n) is 7.59. The Morgan fingerprint density at radius 3 is 2.08 bits per heavy atom. The third kappa shape index (κ3) is 5.15. The highest BCUT2D eigenvalue weighted by Gasteiger charge is 2.16. The van der Waals surface area contributed by atoms with Crippen molar-refractivity contribution in [3.05, 3.63) is 59.7 Å². The Hall–Kier alpha value is -2.67. The smallest absolute Gasteiger partial charge is 0.254 e. The van der Waals surface area contributed by atoms with E-state index in [1.54, 1.807) is 12.1 Å². The second kappa shape index (κ2) is 7.48. The summed E-state index contributed by atoms with van der Waals surface area (Å²) in [5.41, 5.74) is 2.06. The maximum Gasteiger partial charge on any atom is 0.254 e. The lowest BCUT2D eigenvalue weighted by Crippen LogP contribution is -2.34. The molecule has 0 spiro atoms. The molecule has 0 saturated heterocycles. The second-order valence-electron chi connectivity index (χ2n) is 5.87. The topological polar surface area (TPSA) is 83.6 Å². The van der Waals surface area contributed by atoms with E-state index in [1.165, 1.54) is 36.2 Å². The minimum Gasteiger partial charge on any atom is -0.332 e. The number of sulfone groups is 1. The Labute approximate surface area is 147 Å². The zero-order chi connectivity index (χ0) is 18.6. The van der Waals surface area contributed by atoms with Crippen LogP contribution in [0.3, 0.4) is 0 Å². The molecule has 25 heavy (non-hydrogen) atoms. The van der Waals surface area contributed by atoms with Crippen molar-refractivity contribution >= 4 is 27.3 Å². The minimum absolute atomic E-state index is 0.111. The molecule has 6 nitrogen and oxygen atoms in total. The molecule has 0 atom stereocenters. The molecule has 132 valence electrons. The van der Waals surface area contributed by atoms with E-state index >= 15 is 0 Å². The van der Waals surface area contributed by atoms with E-state index in [0.717, 1.165) is 11.8 Å². The predicted octanol–water partition coefficient (Wildman–Crippen LogP) is 2.11. The van der Waals surface area contributed by atoms with E-state index in [1.807, 2.05) is 19.1 Å². The lowest BCUT2D eigenvalue weighted by Gasteiger charge is -2.17. The summed E-state index contributed by atoms with van der Waals surface area (Å²) in [7, 11) is -1.80. The van der Waals surface area contributed by atoms with Gasteiger partial charge in [-0.2, -0.15) is 0 Å². The number of hydrogen-bond acceptors (Lipinski definition) is 4. The summed E-state index contributed by atoms with van der Waals surface area (Å²) in [6.07, 6.45) is 1.10. The molecule has 0 radical (unpaired) electrons. The third-order valence-corrected chi connectivity index (χ3v) is 4.72. The Morgan fingerprint density at radius 1 is 1.00 bits per heavy atom. The van der Waals surface area contributed by atoms with Crippen LogP contribution in [0.25, 0.3) is 0 Å². The van der Waals surface area contributed by atoms with Crippen molar-refractivity contribution in [2.45, 2.75) is 11.8 Å². The number of anilines is 1. The van der Waals surface area contributed by atoms with Crippen LogP contribution in [0.15, 0.2) is 53.4 Å². The fourth-order valence-corrected chi connectivity index (χ4v) is 2.82. The van der Waals surface area contributed by atoms with Gasteiger partial charge in [0.15, 0.2) is 9.84 Å². The number of likely N-dealkylation sites (N-methyl/N-ethyl adjacent to an activating group) is 1. The quantitative estimate of drug-likeness (QED) is 0.885. The molecule has 1 N–H and O–H groups in total. The van der Waals surface area contributed by atoms with Gasteiger partial charge in [-0.05, 0) is 43.3 Å². The maximum atomic E-state index is 12.3. The Balaban J connectivity index is 1.99. The van der Waals surface area contributed by atoms with Crippen LogP contribution in [0.5, 0.6) is 0 Å². The molecule has 0 aromatic heterocycles. The van der Waals surface area contributed by atoms with E-state index in [0.29, 0.717) is 11.3 Å². The summed E-state index contributed by atoms with van der Waals surface area (Å²) in [6, 6.07) is 13.0. The van der Waals surface area contributed by atoms with E-state index in [-0.39, 0.29) is 23.3 Å². The molecule has 2 amide bonds. The van der Waals surface area contributed by atoms with Crippen LogP contribution in [-0.2, 0) is 14.6 Å². The molecular weight excluding hydrogens is 340 g/mol. The molecule has 2 rings (SSSR count). The molecule has 0 aliphatic carbocycles. The summed E-state index contributed by atoms with van der Waals surface area (Å²) in [6.45, 7) is 1.84. The molecule has 2 aromatic rings. The lowest BCUT2D eigenvalue weighted by atomic mass is 10.2. The van der Waals surface area contributed by atoms with Crippen molar-refractivity contribution in [2.75, 3.05) is 25.2 Å².